The van der Waals surface area contributed by atoms with Crippen molar-refractivity contribution in [3.05, 3.63) is 77.1 Å². The lowest BCUT2D eigenvalue weighted by Gasteiger charge is -2.11. The van der Waals surface area contributed by atoms with Gasteiger partial charge in [0.25, 0.3) is 5.24 Å². The zero-order chi connectivity index (χ0) is 25.8. The summed E-state index contributed by atoms with van der Waals surface area (Å²) in [5.41, 5.74) is 12.0. The van der Waals surface area contributed by atoms with Crippen LogP contribution in [0.2, 0.25) is 0 Å². The quantitative estimate of drug-likeness (QED) is 0.349. The van der Waals surface area contributed by atoms with Crippen LogP contribution in [0, 0.1) is 20.8 Å². The second-order valence-corrected chi connectivity index (χ2v) is 9.48. The fourth-order valence-electron chi connectivity index (χ4n) is 3.64. The van der Waals surface area contributed by atoms with Gasteiger partial charge in [0, 0.05) is 18.8 Å². The van der Waals surface area contributed by atoms with Gasteiger partial charge in [-0.2, -0.15) is 0 Å². The van der Waals surface area contributed by atoms with Gasteiger partial charge < -0.3 is 19.8 Å². The van der Waals surface area contributed by atoms with Crippen molar-refractivity contribution < 1.29 is 19.1 Å². The molecule has 3 N–H and O–H groups in total. The molecule has 0 saturated carbocycles. The topological polar surface area (TPSA) is 108 Å². The number of nitrogens with zero attached hydrogens (tertiary/aromatic N) is 2. The second-order valence-electron chi connectivity index (χ2n) is 8.54. The van der Waals surface area contributed by atoms with Gasteiger partial charge in [-0.15, -0.1) is 0 Å². The summed E-state index contributed by atoms with van der Waals surface area (Å²) in [4.78, 5) is 24.9. The number of hydrogen-bond acceptors (Lipinski definition) is 7. The Hall–Kier alpha value is -3.98. The number of carbonyl (C=O) groups excluding carboxylic acids is 2. The number of anilines is 1. The van der Waals surface area contributed by atoms with Gasteiger partial charge in [-0.05, 0) is 68.3 Å². The average molecular weight is 505 g/mol. The molecule has 2 heterocycles. The fourth-order valence-corrected chi connectivity index (χ4v) is 4.16. The molecule has 3 aromatic carbocycles. The van der Waals surface area contributed by atoms with E-state index in [9.17, 15) is 9.59 Å². The Labute approximate surface area is 213 Å². The maximum Gasteiger partial charge on any atom is 0.286 e. The Balaban J connectivity index is 0.000000375. The molecule has 0 aliphatic carbocycles. The number of aromatic nitrogens is 2. The number of amides is 2. The van der Waals surface area contributed by atoms with Crippen molar-refractivity contribution >= 4 is 39.6 Å². The van der Waals surface area contributed by atoms with E-state index in [1.165, 1.54) is 5.56 Å². The Morgan fingerprint density at radius 2 is 1.64 bits per heavy atom. The number of fused-ring (bicyclic) bond motifs is 1. The molecule has 4 aromatic rings. The van der Waals surface area contributed by atoms with Gasteiger partial charge >= 0.3 is 0 Å². The van der Waals surface area contributed by atoms with Crippen molar-refractivity contribution in [3.63, 3.8) is 0 Å². The molecule has 8 nitrogen and oxygen atoms in total. The number of hydrogen-bond donors (Lipinski definition) is 2. The summed E-state index contributed by atoms with van der Waals surface area (Å²) in [6, 6.07) is 17.8. The first-order valence-corrected chi connectivity index (χ1v) is 12.3. The minimum atomic E-state index is -0.231. The summed E-state index contributed by atoms with van der Waals surface area (Å²) in [6.45, 7) is 6.43. The van der Waals surface area contributed by atoms with E-state index in [-0.39, 0.29) is 11.1 Å². The monoisotopic (exact) mass is 504 g/mol. The van der Waals surface area contributed by atoms with Gasteiger partial charge in [-0.3, -0.25) is 14.9 Å². The van der Waals surface area contributed by atoms with Crippen LogP contribution in [0.5, 0.6) is 17.2 Å². The summed E-state index contributed by atoms with van der Waals surface area (Å²) < 4.78 is 14.0. The van der Waals surface area contributed by atoms with Crippen molar-refractivity contribution in [3.8, 4) is 17.2 Å². The number of nitrogens with two attached hydrogens (primary N) is 1. The molecule has 0 spiro atoms. The zero-order valence-electron chi connectivity index (χ0n) is 20.6. The van der Waals surface area contributed by atoms with Crippen molar-refractivity contribution in [2.24, 2.45) is 7.05 Å². The maximum atomic E-state index is 10.1. The first-order chi connectivity index (χ1) is 17.2. The van der Waals surface area contributed by atoms with Crippen molar-refractivity contribution in [2.45, 2.75) is 27.4 Å². The van der Waals surface area contributed by atoms with Crippen LogP contribution in [0.25, 0.3) is 11.0 Å². The number of aryl methyl sites for hydroxylation is 4. The van der Waals surface area contributed by atoms with Gasteiger partial charge in [0.1, 0.15) is 29.7 Å². The number of imidazole rings is 1. The lowest BCUT2D eigenvalue weighted by molar-refractivity contribution is -0.117. The number of imide groups is 1. The second kappa shape index (κ2) is 10.7. The molecule has 1 aliphatic heterocycles. The third-order valence-electron chi connectivity index (χ3n) is 5.71. The number of benzene rings is 3. The van der Waals surface area contributed by atoms with Crippen molar-refractivity contribution in [1.82, 2.24) is 14.9 Å². The van der Waals surface area contributed by atoms with Crippen molar-refractivity contribution in [1.29, 1.82) is 0 Å². The summed E-state index contributed by atoms with van der Waals surface area (Å²) in [6.07, 6.45) is 0. The molecule has 9 heteroatoms. The van der Waals surface area contributed by atoms with Crippen LogP contribution in [-0.2, 0) is 18.4 Å². The molecule has 1 saturated heterocycles. The van der Waals surface area contributed by atoms with Crippen molar-refractivity contribution in [2.75, 3.05) is 11.5 Å². The summed E-state index contributed by atoms with van der Waals surface area (Å²) in [7, 11) is 1.99. The van der Waals surface area contributed by atoms with Crippen LogP contribution in [0.3, 0.4) is 0 Å². The van der Waals surface area contributed by atoms with Crippen LogP contribution < -0.4 is 20.5 Å². The van der Waals surface area contributed by atoms with Gasteiger partial charge in [0.05, 0.1) is 16.8 Å². The molecular formula is C27H28N4O4S. The highest BCUT2D eigenvalue weighted by Gasteiger charge is 2.16. The third-order valence-corrected chi connectivity index (χ3v) is 6.48. The first-order valence-electron chi connectivity index (χ1n) is 11.4. The Bertz CT molecular complexity index is 1390. The van der Waals surface area contributed by atoms with E-state index < -0.39 is 0 Å². The minimum absolute atomic E-state index is 0.185. The maximum absolute atomic E-state index is 10.1. The number of nitrogens with one attached hydrogen (secondary N) is 1. The molecule has 186 valence electrons. The van der Waals surface area contributed by atoms with E-state index >= 15 is 0 Å². The van der Waals surface area contributed by atoms with E-state index in [2.05, 4.69) is 12.2 Å². The fraction of sp³-hybridized carbons (Fsp3) is 0.222. The summed E-state index contributed by atoms with van der Waals surface area (Å²) in [5.74, 6) is 3.33. The average Bonchev–Trinajstić information content (AvgIpc) is 3.38. The van der Waals surface area contributed by atoms with Crippen LogP contribution in [-0.4, -0.2) is 26.5 Å². The predicted molar refractivity (Wildman–Crippen MR) is 143 cm³/mol. The first kappa shape index (κ1) is 25.1. The molecule has 36 heavy (non-hydrogen) atoms. The molecule has 5 rings (SSSR count). The molecule has 2 amide bonds. The molecule has 1 aliphatic rings. The van der Waals surface area contributed by atoms with Crippen LogP contribution >= 0.6 is 11.8 Å². The number of nitrogen functional groups attached to an aromatic ring is 1. The Kier molecular flexibility index (Phi) is 7.49. The largest absolute Gasteiger partial charge is 0.486 e. The predicted octanol–water partition coefficient (Wildman–Crippen LogP) is 5.42. The number of ether oxygens (including phenoxy) is 2. The van der Waals surface area contributed by atoms with Gasteiger partial charge in [-0.1, -0.05) is 29.5 Å². The normalized spacial score (nSPS) is 12.8. The molecule has 1 fully saturated rings. The number of carbonyl (C=O) groups is 2. The SMILES string of the molecule is Cc1ccc(OCc2nc3ccc(Oc4cc(C)c(N)c(C)c4)cc3n2C)cc1.O=C1CSC(=O)N1. The third kappa shape index (κ3) is 5.98. The van der Waals surface area contributed by atoms with Crippen LogP contribution in [0.1, 0.15) is 22.5 Å². The molecular weight excluding hydrogens is 476 g/mol. The lowest BCUT2D eigenvalue weighted by atomic mass is 10.1. The highest BCUT2D eigenvalue weighted by Crippen LogP contribution is 2.30. The summed E-state index contributed by atoms with van der Waals surface area (Å²) >= 11 is 1.01. The number of rotatable bonds is 5. The molecule has 0 unspecified atom stereocenters. The standard InChI is InChI=1S/C24H25N3O2.C3H3NO2S/c1-15-5-7-18(8-6-15)28-14-23-26-21-10-9-19(13-22(21)27(23)4)29-20-11-16(2)24(25)17(3)12-20;5-2-1-7-3(6)4-2/h5-13H,14,25H2,1-4H3;1H2,(H,4,5,6). The van der Waals surface area contributed by atoms with E-state index in [1.54, 1.807) is 0 Å². The number of thioether (sulfide) groups is 1. The van der Waals surface area contributed by atoms with Crippen LogP contribution in [0.4, 0.5) is 10.5 Å². The Morgan fingerprint density at radius 3 is 2.22 bits per heavy atom. The molecule has 0 bridgehead atoms. The highest BCUT2D eigenvalue weighted by atomic mass is 32.2. The van der Waals surface area contributed by atoms with Gasteiger partial charge in [0.2, 0.25) is 5.91 Å². The molecule has 0 radical (unpaired) electrons. The molecule has 1 aromatic heterocycles. The van der Waals surface area contributed by atoms with E-state index in [1.807, 2.05) is 80.1 Å². The summed E-state index contributed by atoms with van der Waals surface area (Å²) in [5, 5.41) is 1.87. The van der Waals surface area contributed by atoms with E-state index in [0.29, 0.717) is 12.4 Å². The highest BCUT2D eigenvalue weighted by molar-refractivity contribution is 8.14. The smallest absolute Gasteiger partial charge is 0.286 e. The molecule has 0 atom stereocenters. The van der Waals surface area contributed by atoms with Gasteiger partial charge in [-0.25, -0.2) is 4.98 Å². The van der Waals surface area contributed by atoms with Crippen LogP contribution in [0.15, 0.2) is 54.6 Å². The van der Waals surface area contributed by atoms with Gasteiger partial charge in [0.15, 0.2) is 0 Å². The van der Waals surface area contributed by atoms with E-state index in [0.717, 1.165) is 62.7 Å². The van der Waals surface area contributed by atoms with E-state index in [4.69, 9.17) is 20.2 Å². The lowest BCUT2D eigenvalue weighted by Crippen LogP contribution is -2.18. The Morgan fingerprint density at radius 1 is 0.972 bits per heavy atom. The minimum Gasteiger partial charge on any atom is -0.486 e. The zero-order valence-corrected chi connectivity index (χ0v) is 21.4.